The molecule has 3 nitrogen and oxygen atoms in total. The van der Waals surface area contributed by atoms with Crippen LogP contribution in [0.15, 0.2) is 54.7 Å². The number of halogens is 4. The summed E-state index contributed by atoms with van der Waals surface area (Å²) in [6.45, 7) is 0. The summed E-state index contributed by atoms with van der Waals surface area (Å²) >= 11 is 5.64. The fraction of sp³-hybridized carbons (Fsp3) is 0. The second-order valence-corrected chi connectivity index (χ2v) is 5.53. The predicted molar refractivity (Wildman–Crippen MR) is 89.0 cm³/mol. The zero-order valence-corrected chi connectivity index (χ0v) is 13.3. The summed E-state index contributed by atoms with van der Waals surface area (Å²) in [4.78, 5) is 15.8. The topological polar surface area (TPSA) is 42.0 Å². The number of benzene rings is 2. The maximum Gasteiger partial charge on any atom is 0.257 e. The molecule has 0 unspecified atom stereocenters. The Morgan fingerprint density at radius 1 is 0.960 bits per heavy atom. The number of pyridine rings is 1. The molecule has 2 aromatic carbocycles. The van der Waals surface area contributed by atoms with E-state index in [1.165, 1.54) is 36.5 Å². The maximum atomic E-state index is 14.2. The standard InChI is InChI=1S/C18H10ClF3N2O/c19-17-6-2-11(9-23-17)18(25)24-16-5-1-10(7-15(16)22)13-4-3-12(20)8-14(13)21/h1-9H,(H,24,25). The number of nitrogens with zero attached hydrogens (tertiary/aromatic N) is 1. The summed E-state index contributed by atoms with van der Waals surface area (Å²) in [6.07, 6.45) is 1.26. The van der Waals surface area contributed by atoms with Crippen molar-refractivity contribution in [2.24, 2.45) is 0 Å². The van der Waals surface area contributed by atoms with Gasteiger partial charge < -0.3 is 5.32 Å². The number of aromatic nitrogens is 1. The Hall–Kier alpha value is -2.86. The quantitative estimate of drug-likeness (QED) is 0.661. The van der Waals surface area contributed by atoms with Gasteiger partial charge in [0, 0.05) is 17.8 Å². The average Bonchev–Trinajstić information content (AvgIpc) is 2.57. The lowest BCUT2D eigenvalue weighted by Gasteiger charge is -2.09. The molecular formula is C18H10ClF3N2O. The van der Waals surface area contributed by atoms with Gasteiger partial charge in [-0.05, 0) is 42.0 Å². The molecule has 1 amide bonds. The number of carbonyl (C=O) groups excluding carboxylic acids is 1. The lowest BCUT2D eigenvalue weighted by molar-refractivity contribution is 0.102. The molecule has 25 heavy (non-hydrogen) atoms. The molecule has 0 aliphatic carbocycles. The first-order valence-electron chi connectivity index (χ1n) is 7.12. The minimum absolute atomic E-state index is 0.0556. The third kappa shape index (κ3) is 3.80. The van der Waals surface area contributed by atoms with Crippen LogP contribution in [0.1, 0.15) is 10.4 Å². The van der Waals surface area contributed by atoms with Crippen LogP contribution in [0.3, 0.4) is 0 Å². The molecule has 0 bridgehead atoms. The number of amides is 1. The Morgan fingerprint density at radius 2 is 1.76 bits per heavy atom. The third-order valence-corrected chi connectivity index (χ3v) is 3.67. The number of nitrogens with one attached hydrogen (secondary N) is 1. The number of carbonyl (C=O) groups is 1. The zero-order valence-electron chi connectivity index (χ0n) is 12.6. The molecule has 0 saturated heterocycles. The van der Waals surface area contributed by atoms with Crippen LogP contribution in [-0.4, -0.2) is 10.9 Å². The van der Waals surface area contributed by atoms with E-state index in [0.29, 0.717) is 0 Å². The Bertz CT molecular complexity index is 946. The van der Waals surface area contributed by atoms with Crippen LogP contribution in [-0.2, 0) is 0 Å². The average molecular weight is 363 g/mol. The first kappa shape index (κ1) is 17.0. The van der Waals surface area contributed by atoms with E-state index < -0.39 is 23.4 Å². The molecule has 0 aliphatic rings. The van der Waals surface area contributed by atoms with Crippen LogP contribution in [0.5, 0.6) is 0 Å². The minimum atomic E-state index is -0.802. The summed E-state index contributed by atoms with van der Waals surface area (Å²) in [6, 6.07) is 9.70. The van der Waals surface area contributed by atoms with Crippen molar-refractivity contribution in [1.82, 2.24) is 4.98 Å². The summed E-state index contributed by atoms with van der Waals surface area (Å²) in [5.74, 6) is -2.84. The number of anilines is 1. The Labute approximate surface area is 146 Å². The molecule has 126 valence electrons. The molecule has 0 radical (unpaired) electrons. The van der Waals surface area contributed by atoms with Gasteiger partial charge in [0.1, 0.15) is 22.6 Å². The van der Waals surface area contributed by atoms with Crippen molar-refractivity contribution >= 4 is 23.2 Å². The van der Waals surface area contributed by atoms with Crippen molar-refractivity contribution in [2.45, 2.75) is 0 Å². The molecule has 1 aromatic heterocycles. The van der Waals surface area contributed by atoms with Gasteiger partial charge in [0.25, 0.3) is 5.91 Å². The summed E-state index contributed by atoms with van der Waals surface area (Å²) in [7, 11) is 0. The highest BCUT2D eigenvalue weighted by Gasteiger charge is 2.13. The molecule has 3 aromatic rings. The number of hydrogen-bond acceptors (Lipinski definition) is 2. The SMILES string of the molecule is O=C(Nc1ccc(-c2ccc(F)cc2F)cc1F)c1ccc(Cl)nc1. The largest absolute Gasteiger partial charge is 0.319 e. The maximum absolute atomic E-state index is 14.2. The second-order valence-electron chi connectivity index (χ2n) is 5.14. The second kappa shape index (κ2) is 6.94. The van der Waals surface area contributed by atoms with Crippen LogP contribution in [0.25, 0.3) is 11.1 Å². The van der Waals surface area contributed by atoms with Crippen molar-refractivity contribution in [1.29, 1.82) is 0 Å². The lowest BCUT2D eigenvalue weighted by atomic mass is 10.0. The first-order chi connectivity index (χ1) is 11.9. The minimum Gasteiger partial charge on any atom is -0.319 e. The normalized spacial score (nSPS) is 10.6. The van der Waals surface area contributed by atoms with Crippen molar-refractivity contribution in [2.75, 3.05) is 5.32 Å². The van der Waals surface area contributed by atoms with Gasteiger partial charge in [-0.25, -0.2) is 18.2 Å². The van der Waals surface area contributed by atoms with Crippen LogP contribution in [0.2, 0.25) is 5.15 Å². The molecule has 7 heteroatoms. The monoisotopic (exact) mass is 362 g/mol. The van der Waals surface area contributed by atoms with Gasteiger partial charge >= 0.3 is 0 Å². The summed E-state index contributed by atoms with van der Waals surface area (Å²) in [5.41, 5.74) is 0.407. The van der Waals surface area contributed by atoms with Gasteiger partial charge in [-0.1, -0.05) is 17.7 Å². The molecule has 1 heterocycles. The van der Waals surface area contributed by atoms with E-state index in [1.54, 1.807) is 0 Å². The predicted octanol–water partition coefficient (Wildman–Crippen LogP) is 5.07. The van der Waals surface area contributed by atoms with Crippen LogP contribution < -0.4 is 5.32 Å². The Kier molecular flexibility index (Phi) is 4.72. The van der Waals surface area contributed by atoms with Gasteiger partial charge in [0.15, 0.2) is 0 Å². The fourth-order valence-corrected chi connectivity index (χ4v) is 2.32. The van der Waals surface area contributed by atoms with E-state index in [9.17, 15) is 18.0 Å². The molecule has 0 aliphatic heterocycles. The molecule has 3 rings (SSSR count). The van der Waals surface area contributed by atoms with E-state index in [2.05, 4.69) is 10.3 Å². The van der Waals surface area contributed by atoms with Crippen molar-refractivity contribution in [3.05, 3.63) is 82.9 Å². The molecule has 0 fully saturated rings. The van der Waals surface area contributed by atoms with Gasteiger partial charge in [-0.2, -0.15) is 0 Å². The third-order valence-electron chi connectivity index (χ3n) is 3.45. The van der Waals surface area contributed by atoms with Crippen LogP contribution in [0, 0.1) is 17.5 Å². The molecule has 1 N–H and O–H groups in total. The smallest absolute Gasteiger partial charge is 0.257 e. The fourth-order valence-electron chi connectivity index (χ4n) is 2.21. The number of hydrogen-bond donors (Lipinski definition) is 1. The van der Waals surface area contributed by atoms with E-state index >= 15 is 0 Å². The van der Waals surface area contributed by atoms with E-state index in [4.69, 9.17) is 11.6 Å². The van der Waals surface area contributed by atoms with E-state index in [1.807, 2.05) is 0 Å². The van der Waals surface area contributed by atoms with Crippen molar-refractivity contribution in [3.63, 3.8) is 0 Å². The Balaban J connectivity index is 1.84. The van der Waals surface area contributed by atoms with Crippen LogP contribution >= 0.6 is 11.6 Å². The highest BCUT2D eigenvalue weighted by molar-refractivity contribution is 6.29. The number of rotatable bonds is 3. The summed E-state index contributed by atoms with van der Waals surface area (Å²) < 4.78 is 41.0. The van der Waals surface area contributed by atoms with Crippen molar-refractivity contribution in [3.8, 4) is 11.1 Å². The molecule has 0 spiro atoms. The van der Waals surface area contributed by atoms with Gasteiger partial charge in [0.05, 0.1) is 11.3 Å². The van der Waals surface area contributed by atoms with Gasteiger partial charge in [-0.15, -0.1) is 0 Å². The molecule has 0 atom stereocenters. The first-order valence-corrected chi connectivity index (χ1v) is 7.50. The molecule has 0 saturated carbocycles. The lowest BCUT2D eigenvalue weighted by Crippen LogP contribution is -2.13. The molecular weight excluding hydrogens is 353 g/mol. The zero-order chi connectivity index (χ0) is 18.0. The van der Waals surface area contributed by atoms with Crippen molar-refractivity contribution < 1.29 is 18.0 Å². The highest BCUT2D eigenvalue weighted by Crippen LogP contribution is 2.27. The van der Waals surface area contributed by atoms with E-state index in [-0.39, 0.29) is 27.5 Å². The summed E-state index contributed by atoms with van der Waals surface area (Å²) in [5, 5.41) is 2.63. The van der Waals surface area contributed by atoms with Gasteiger partial charge in [0.2, 0.25) is 0 Å². The highest BCUT2D eigenvalue weighted by atomic mass is 35.5. The Morgan fingerprint density at radius 3 is 2.40 bits per heavy atom. The van der Waals surface area contributed by atoms with Gasteiger partial charge in [-0.3, -0.25) is 4.79 Å². The van der Waals surface area contributed by atoms with Crippen LogP contribution in [0.4, 0.5) is 18.9 Å². The van der Waals surface area contributed by atoms with E-state index in [0.717, 1.165) is 18.2 Å².